The van der Waals surface area contributed by atoms with E-state index < -0.39 is 6.10 Å². The Labute approximate surface area is 271 Å². The molecule has 0 aliphatic heterocycles. The summed E-state index contributed by atoms with van der Waals surface area (Å²) in [7, 11) is 0. The van der Waals surface area contributed by atoms with E-state index in [1.54, 1.807) is 0 Å². The largest absolute Gasteiger partial charge is 0.394 e. The van der Waals surface area contributed by atoms with Gasteiger partial charge in [0.25, 0.3) is 0 Å². The van der Waals surface area contributed by atoms with Crippen LogP contribution in [0, 0.1) is 0 Å². The molecule has 0 heterocycles. The molecule has 0 aliphatic rings. The van der Waals surface area contributed by atoms with E-state index in [0.29, 0.717) is 0 Å². The molecule has 0 saturated carbocycles. The minimum atomic E-state index is -0.560. The van der Waals surface area contributed by atoms with Gasteiger partial charge < -0.3 is 10.2 Å². The first-order valence-electron chi connectivity index (χ1n) is 19.6. The number of thioether (sulfide) groups is 1. The lowest BCUT2D eigenvalue weighted by atomic mass is 10.0. The Morgan fingerprint density at radius 2 is 0.524 bits per heavy atom. The molecule has 0 rings (SSSR count). The van der Waals surface area contributed by atoms with Crippen molar-refractivity contribution >= 4 is 11.8 Å². The summed E-state index contributed by atoms with van der Waals surface area (Å²) in [5.41, 5.74) is 0. The molecule has 0 aromatic rings. The Bertz CT molecular complexity index is 395. The molecule has 2 N–H and O–H groups in total. The highest BCUT2D eigenvalue weighted by molar-refractivity contribution is 7.99. The molecule has 0 fully saturated rings. The van der Waals surface area contributed by atoms with Crippen LogP contribution in [-0.4, -0.2) is 34.4 Å². The summed E-state index contributed by atoms with van der Waals surface area (Å²) >= 11 is 2.23. The van der Waals surface area contributed by atoms with Crippen LogP contribution in [0.4, 0.5) is 0 Å². The molecule has 0 aromatic heterocycles. The Hall–Kier alpha value is 0.270. The van der Waals surface area contributed by atoms with Gasteiger partial charge >= 0.3 is 0 Å². The first-order chi connectivity index (χ1) is 20.7. The van der Waals surface area contributed by atoms with Crippen LogP contribution in [0.2, 0.25) is 0 Å². The monoisotopic (exact) mass is 615 g/mol. The van der Waals surface area contributed by atoms with Crippen molar-refractivity contribution in [3.05, 3.63) is 0 Å². The molecule has 42 heavy (non-hydrogen) atoms. The minimum absolute atomic E-state index is 0.139. The molecule has 0 radical (unpaired) electrons. The SMILES string of the molecule is CC(O)CO.CCCCCCCCCCCCCCCCCCSCCCCCCCCCCCCCCCCCC. The number of rotatable bonds is 35. The Morgan fingerprint density at radius 3 is 0.690 bits per heavy atom. The average molecular weight is 615 g/mol. The zero-order chi connectivity index (χ0) is 31.0. The van der Waals surface area contributed by atoms with E-state index in [2.05, 4.69) is 25.6 Å². The molecular weight excluding hydrogens is 532 g/mol. The van der Waals surface area contributed by atoms with Crippen molar-refractivity contribution in [3.63, 3.8) is 0 Å². The average Bonchev–Trinajstić information content (AvgIpc) is 2.99. The van der Waals surface area contributed by atoms with Gasteiger partial charge in [-0.25, -0.2) is 0 Å². The van der Waals surface area contributed by atoms with Gasteiger partial charge in [-0.15, -0.1) is 0 Å². The first kappa shape index (κ1) is 44.4. The van der Waals surface area contributed by atoms with Gasteiger partial charge in [0.1, 0.15) is 0 Å². The fraction of sp³-hybridized carbons (Fsp3) is 1.00. The standard InChI is InChI=1S/C36H74S.C3H8O2/c1-3-5-7-9-11-13-15-17-19-21-23-25-27-29-31-33-35-37-36-34-32-30-28-26-24-22-20-18-16-14-12-10-8-6-4-2;1-3(5)2-4/h3-36H2,1-2H3;3-5H,2H2,1H3. The highest BCUT2D eigenvalue weighted by atomic mass is 32.2. The number of aliphatic hydroxyl groups excluding tert-OH is 2. The molecule has 0 spiro atoms. The number of hydrogen-bond acceptors (Lipinski definition) is 3. The van der Waals surface area contributed by atoms with Gasteiger partial charge in [-0.2, -0.15) is 11.8 Å². The lowest BCUT2D eigenvalue weighted by molar-refractivity contribution is 0.110. The number of unbranched alkanes of at least 4 members (excludes halogenated alkanes) is 30. The summed E-state index contributed by atoms with van der Waals surface area (Å²) in [6.45, 7) is 6.00. The van der Waals surface area contributed by atoms with Crippen molar-refractivity contribution in [3.8, 4) is 0 Å². The predicted molar refractivity (Wildman–Crippen MR) is 195 cm³/mol. The maximum absolute atomic E-state index is 8.11. The van der Waals surface area contributed by atoms with Crippen molar-refractivity contribution in [2.45, 2.75) is 232 Å². The highest BCUT2D eigenvalue weighted by Gasteiger charge is 1.97. The number of aliphatic hydroxyl groups is 2. The fourth-order valence-corrected chi connectivity index (χ4v) is 6.63. The van der Waals surface area contributed by atoms with Gasteiger partial charge in [-0.05, 0) is 31.3 Å². The van der Waals surface area contributed by atoms with Gasteiger partial charge in [0.05, 0.1) is 12.7 Å². The van der Waals surface area contributed by atoms with Gasteiger partial charge in [0, 0.05) is 0 Å². The molecule has 1 unspecified atom stereocenters. The Balaban J connectivity index is 0. The van der Waals surface area contributed by atoms with E-state index in [9.17, 15) is 0 Å². The predicted octanol–water partition coefficient (Wildman–Crippen LogP) is 13.6. The molecule has 0 bridgehead atoms. The summed E-state index contributed by atoms with van der Waals surface area (Å²) in [6.07, 6.45) is 46.6. The maximum atomic E-state index is 8.11. The van der Waals surface area contributed by atoms with Crippen LogP contribution in [0.25, 0.3) is 0 Å². The summed E-state index contributed by atoms with van der Waals surface area (Å²) in [4.78, 5) is 0. The Kier molecular flexibility index (Phi) is 45.9. The molecule has 3 heteroatoms. The van der Waals surface area contributed by atoms with Gasteiger partial charge in [-0.3, -0.25) is 0 Å². The summed E-state index contributed by atoms with van der Waals surface area (Å²) < 4.78 is 0. The van der Waals surface area contributed by atoms with Crippen molar-refractivity contribution in [1.29, 1.82) is 0 Å². The van der Waals surface area contributed by atoms with E-state index in [-0.39, 0.29) is 6.61 Å². The summed E-state index contributed by atoms with van der Waals surface area (Å²) in [5.74, 6) is 2.83. The minimum Gasteiger partial charge on any atom is -0.394 e. The second-order valence-corrected chi connectivity index (χ2v) is 14.5. The second-order valence-electron chi connectivity index (χ2n) is 13.3. The fourth-order valence-electron chi connectivity index (χ4n) is 5.61. The van der Waals surface area contributed by atoms with Crippen LogP contribution in [0.15, 0.2) is 0 Å². The van der Waals surface area contributed by atoms with E-state index in [1.807, 2.05) is 0 Å². The van der Waals surface area contributed by atoms with Crippen molar-refractivity contribution in [2.24, 2.45) is 0 Å². The van der Waals surface area contributed by atoms with Crippen molar-refractivity contribution in [2.75, 3.05) is 18.1 Å². The zero-order valence-electron chi connectivity index (χ0n) is 29.6. The van der Waals surface area contributed by atoms with E-state index in [0.717, 1.165) is 0 Å². The molecule has 256 valence electrons. The molecule has 0 aliphatic carbocycles. The van der Waals surface area contributed by atoms with E-state index >= 15 is 0 Å². The maximum Gasteiger partial charge on any atom is 0.0742 e. The van der Waals surface area contributed by atoms with Crippen LogP contribution in [0.3, 0.4) is 0 Å². The van der Waals surface area contributed by atoms with Crippen molar-refractivity contribution < 1.29 is 10.2 Å². The van der Waals surface area contributed by atoms with Gasteiger partial charge in [0.2, 0.25) is 0 Å². The van der Waals surface area contributed by atoms with Gasteiger partial charge in [0.15, 0.2) is 0 Å². The zero-order valence-corrected chi connectivity index (χ0v) is 30.4. The van der Waals surface area contributed by atoms with Crippen LogP contribution < -0.4 is 0 Å². The molecule has 0 saturated heterocycles. The summed E-state index contributed by atoms with van der Waals surface area (Å²) in [5, 5.41) is 16.0. The molecule has 0 amide bonds. The van der Waals surface area contributed by atoms with E-state index in [4.69, 9.17) is 10.2 Å². The van der Waals surface area contributed by atoms with E-state index in [1.165, 1.54) is 224 Å². The van der Waals surface area contributed by atoms with Crippen LogP contribution in [0.1, 0.15) is 226 Å². The third-order valence-corrected chi connectivity index (χ3v) is 9.70. The molecular formula is C39H82O2S. The number of hydrogen-bond donors (Lipinski definition) is 2. The summed E-state index contributed by atoms with van der Waals surface area (Å²) in [6, 6.07) is 0. The lowest BCUT2D eigenvalue weighted by Crippen LogP contribution is -2.03. The van der Waals surface area contributed by atoms with Crippen LogP contribution in [-0.2, 0) is 0 Å². The smallest absolute Gasteiger partial charge is 0.0742 e. The highest BCUT2D eigenvalue weighted by Crippen LogP contribution is 2.17. The second kappa shape index (κ2) is 43.4. The van der Waals surface area contributed by atoms with Crippen LogP contribution in [0.5, 0.6) is 0 Å². The topological polar surface area (TPSA) is 40.5 Å². The molecule has 0 aromatic carbocycles. The lowest BCUT2D eigenvalue weighted by Gasteiger charge is -2.05. The molecule has 2 nitrogen and oxygen atoms in total. The Morgan fingerprint density at radius 1 is 0.357 bits per heavy atom. The normalized spacial score (nSPS) is 11.9. The van der Waals surface area contributed by atoms with Crippen molar-refractivity contribution in [1.82, 2.24) is 0 Å². The third-order valence-electron chi connectivity index (χ3n) is 8.55. The van der Waals surface area contributed by atoms with Gasteiger partial charge in [-0.1, -0.05) is 206 Å². The quantitative estimate of drug-likeness (QED) is 0.0698. The molecule has 1 atom stereocenters. The third kappa shape index (κ3) is 47.2. The van der Waals surface area contributed by atoms with Crippen LogP contribution >= 0.6 is 11.8 Å². The first-order valence-corrected chi connectivity index (χ1v) is 20.7.